The van der Waals surface area contributed by atoms with Gasteiger partial charge in [0.25, 0.3) is 0 Å². The number of benzene rings is 1. The van der Waals surface area contributed by atoms with Crippen LogP contribution in [0.4, 0.5) is 0 Å². The summed E-state index contributed by atoms with van der Waals surface area (Å²) in [5.74, 6) is 0.531. The highest BCUT2D eigenvalue weighted by atomic mass is 32.1. The summed E-state index contributed by atoms with van der Waals surface area (Å²) >= 11 is 1.49. The van der Waals surface area contributed by atoms with E-state index < -0.39 is 5.76 Å². The van der Waals surface area contributed by atoms with Crippen molar-refractivity contribution in [1.82, 2.24) is 14.9 Å². The Morgan fingerprint density at radius 3 is 2.71 bits per heavy atom. The number of hydrogen-bond donors (Lipinski definition) is 0. The van der Waals surface area contributed by atoms with Crippen molar-refractivity contribution in [1.29, 1.82) is 0 Å². The Kier molecular flexibility index (Phi) is 3.62. The van der Waals surface area contributed by atoms with Crippen molar-refractivity contribution in [2.45, 2.75) is 13.5 Å². The van der Waals surface area contributed by atoms with E-state index in [0.29, 0.717) is 11.6 Å². The minimum atomic E-state index is -0.522. The standard InChI is InChI=1S/C17H13N3O3S/c1-11-4-6-12(7-5-11)14-9-13(22-18-14)10-20-16(19-23-17(20)21)15-3-2-8-24-15/h2-9H,10H2,1H3. The summed E-state index contributed by atoms with van der Waals surface area (Å²) in [7, 11) is 0. The second-order valence-corrected chi connectivity index (χ2v) is 6.33. The number of aryl methyl sites for hydroxylation is 1. The highest BCUT2D eigenvalue weighted by molar-refractivity contribution is 7.13. The lowest BCUT2D eigenvalue weighted by Crippen LogP contribution is -2.15. The Morgan fingerprint density at radius 2 is 1.96 bits per heavy atom. The minimum absolute atomic E-state index is 0.217. The molecule has 4 rings (SSSR count). The summed E-state index contributed by atoms with van der Waals surface area (Å²) in [6, 6.07) is 13.6. The SMILES string of the molecule is Cc1ccc(-c2cc(Cn3c(-c4cccs4)noc3=O)on2)cc1. The average Bonchev–Trinajstić information content (AvgIpc) is 3.31. The lowest BCUT2D eigenvalue weighted by molar-refractivity contribution is 0.358. The number of thiophene rings is 1. The van der Waals surface area contributed by atoms with Gasteiger partial charge in [0, 0.05) is 11.6 Å². The molecule has 7 heteroatoms. The summed E-state index contributed by atoms with van der Waals surface area (Å²) in [4.78, 5) is 12.8. The molecule has 0 N–H and O–H groups in total. The van der Waals surface area contributed by atoms with Crippen LogP contribution in [-0.2, 0) is 6.54 Å². The van der Waals surface area contributed by atoms with Crippen LogP contribution >= 0.6 is 11.3 Å². The maximum absolute atomic E-state index is 11.9. The third kappa shape index (κ3) is 2.69. The normalized spacial score (nSPS) is 11.0. The first kappa shape index (κ1) is 14.6. The minimum Gasteiger partial charge on any atom is -0.359 e. The maximum atomic E-state index is 11.9. The van der Waals surface area contributed by atoms with Crippen LogP contribution < -0.4 is 5.76 Å². The lowest BCUT2D eigenvalue weighted by atomic mass is 10.1. The molecule has 4 aromatic rings. The lowest BCUT2D eigenvalue weighted by Gasteiger charge is -1.99. The molecular weight excluding hydrogens is 326 g/mol. The van der Waals surface area contributed by atoms with Gasteiger partial charge in [0.1, 0.15) is 5.69 Å². The third-order valence-electron chi connectivity index (χ3n) is 3.65. The quantitative estimate of drug-likeness (QED) is 0.568. The van der Waals surface area contributed by atoms with Crippen LogP contribution in [0, 0.1) is 6.92 Å². The summed E-state index contributed by atoms with van der Waals surface area (Å²) in [5.41, 5.74) is 2.87. The molecule has 0 saturated heterocycles. The molecule has 0 bridgehead atoms. The van der Waals surface area contributed by atoms with Crippen LogP contribution in [0.15, 0.2) is 61.7 Å². The largest absolute Gasteiger partial charge is 0.442 e. The molecule has 0 atom stereocenters. The molecule has 0 aliphatic heterocycles. The van der Waals surface area contributed by atoms with Gasteiger partial charge in [-0.2, -0.15) is 0 Å². The molecule has 3 heterocycles. The summed E-state index contributed by atoms with van der Waals surface area (Å²) < 4.78 is 11.6. The molecule has 24 heavy (non-hydrogen) atoms. The van der Waals surface area contributed by atoms with E-state index in [9.17, 15) is 4.79 Å². The zero-order valence-corrected chi connectivity index (χ0v) is 13.6. The zero-order chi connectivity index (χ0) is 16.5. The van der Waals surface area contributed by atoms with Gasteiger partial charge < -0.3 is 4.52 Å². The van der Waals surface area contributed by atoms with Crippen LogP contribution in [0.5, 0.6) is 0 Å². The molecule has 1 aromatic carbocycles. The average molecular weight is 339 g/mol. The van der Waals surface area contributed by atoms with E-state index >= 15 is 0 Å². The second-order valence-electron chi connectivity index (χ2n) is 5.38. The monoisotopic (exact) mass is 339 g/mol. The first-order valence-corrected chi connectivity index (χ1v) is 8.22. The molecule has 6 nitrogen and oxygen atoms in total. The molecule has 0 saturated carbocycles. The topological polar surface area (TPSA) is 74.1 Å². The van der Waals surface area contributed by atoms with Gasteiger partial charge in [0.2, 0.25) is 0 Å². The Labute approximate surface area is 140 Å². The van der Waals surface area contributed by atoms with Crippen LogP contribution in [0.2, 0.25) is 0 Å². The van der Waals surface area contributed by atoms with Crippen molar-refractivity contribution in [2.75, 3.05) is 0 Å². The maximum Gasteiger partial charge on any atom is 0.442 e. The van der Waals surface area contributed by atoms with Crippen molar-refractivity contribution in [3.63, 3.8) is 0 Å². The van der Waals surface area contributed by atoms with E-state index in [1.807, 2.05) is 54.8 Å². The van der Waals surface area contributed by atoms with Crippen molar-refractivity contribution in [2.24, 2.45) is 0 Å². The van der Waals surface area contributed by atoms with Gasteiger partial charge in [-0.25, -0.2) is 9.36 Å². The molecule has 0 spiro atoms. The van der Waals surface area contributed by atoms with Gasteiger partial charge in [0.05, 0.1) is 11.4 Å². The Bertz CT molecular complexity index is 1010. The van der Waals surface area contributed by atoms with Gasteiger partial charge in [-0.1, -0.05) is 46.2 Å². The summed E-state index contributed by atoms with van der Waals surface area (Å²) in [5, 5.41) is 9.85. The molecule has 0 aliphatic rings. The fourth-order valence-electron chi connectivity index (χ4n) is 2.39. The Balaban J connectivity index is 1.64. The molecule has 0 amide bonds. The van der Waals surface area contributed by atoms with Crippen LogP contribution in [0.1, 0.15) is 11.3 Å². The second kappa shape index (κ2) is 5.93. The van der Waals surface area contributed by atoms with Crippen molar-refractivity contribution >= 4 is 11.3 Å². The fourth-order valence-corrected chi connectivity index (χ4v) is 3.11. The van der Waals surface area contributed by atoms with Crippen LogP contribution in [-0.4, -0.2) is 14.9 Å². The molecule has 0 fully saturated rings. The van der Waals surface area contributed by atoms with Crippen molar-refractivity contribution in [3.8, 4) is 22.0 Å². The van der Waals surface area contributed by atoms with Gasteiger partial charge in [-0.15, -0.1) is 11.3 Å². The van der Waals surface area contributed by atoms with E-state index in [1.54, 1.807) is 0 Å². The number of aromatic nitrogens is 3. The van der Waals surface area contributed by atoms with E-state index in [-0.39, 0.29) is 6.54 Å². The summed E-state index contributed by atoms with van der Waals surface area (Å²) in [6.07, 6.45) is 0. The van der Waals surface area contributed by atoms with Crippen molar-refractivity contribution < 1.29 is 9.05 Å². The fraction of sp³-hybridized carbons (Fsp3) is 0.118. The van der Waals surface area contributed by atoms with Gasteiger partial charge in [-0.05, 0) is 18.4 Å². The predicted molar refractivity (Wildman–Crippen MR) is 89.9 cm³/mol. The highest BCUT2D eigenvalue weighted by Gasteiger charge is 2.16. The van der Waals surface area contributed by atoms with Gasteiger partial charge in [-0.3, -0.25) is 4.52 Å². The Morgan fingerprint density at radius 1 is 1.12 bits per heavy atom. The van der Waals surface area contributed by atoms with E-state index in [0.717, 1.165) is 16.1 Å². The molecule has 3 aromatic heterocycles. The molecular formula is C17H13N3O3S. The smallest absolute Gasteiger partial charge is 0.359 e. The van der Waals surface area contributed by atoms with E-state index in [2.05, 4.69) is 10.3 Å². The molecule has 120 valence electrons. The number of hydrogen-bond acceptors (Lipinski definition) is 6. The highest BCUT2D eigenvalue weighted by Crippen LogP contribution is 2.24. The van der Waals surface area contributed by atoms with E-state index in [4.69, 9.17) is 9.05 Å². The van der Waals surface area contributed by atoms with Crippen LogP contribution in [0.3, 0.4) is 0 Å². The number of rotatable bonds is 4. The zero-order valence-electron chi connectivity index (χ0n) is 12.8. The predicted octanol–water partition coefficient (Wildman–Crippen LogP) is 3.58. The first-order valence-electron chi connectivity index (χ1n) is 7.34. The van der Waals surface area contributed by atoms with Gasteiger partial charge in [0.15, 0.2) is 11.6 Å². The Hall–Kier alpha value is -2.93. The summed E-state index contributed by atoms with van der Waals surface area (Å²) in [6.45, 7) is 2.25. The molecule has 0 radical (unpaired) electrons. The molecule has 0 unspecified atom stereocenters. The van der Waals surface area contributed by atoms with Crippen molar-refractivity contribution in [3.05, 3.63) is 69.7 Å². The third-order valence-corrected chi connectivity index (χ3v) is 4.51. The van der Waals surface area contributed by atoms with Crippen LogP contribution in [0.25, 0.3) is 22.0 Å². The first-order chi connectivity index (χ1) is 11.7. The van der Waals surface area contributed by atoms with Gasteiger partial charge >= 0.3 is 5.76 Å². The van der Waals surface area contributed by atoms with E-state index in [1.165, 1.54) is 21.5 Å². The molecule has 0 aliphatic carbocycles. The number of nitrogens with zero attached hydrogens (tertiary/aromatic N) is 3.